The monoisotopic (exact) mass is 368 g/mol. The van der Waals surface area contributed by atoms with Crippen LogP contribution in [0, 0.1) is 24.0 Å². The summed E-state index contributed by atoms with van der Waals surface area (Å²) in [5.74, 6) is -0.114. The summed E-state index contributed by atoms with van der Waals surface area (Å²) < 4.78 is 3.21. The van der Waals surface area contributed by atoms with Crippen LogP contribution in [0.5, 0.6) is 0 Å². The summed E-state index contributed by atoms with van der Waals surface area (Å²) >= 11 is 6.12. The van der Waals surface area contributed by atoms with Crippen molar-refractivity contribution in [3.05, 3.63) is 38.4 Å². The minimum atomic E-state index is -0.450. The molecule has 25 heavy (non-hydrogen) atoms. The van der Waals surface area contributed by atoms with Gasteiger partial charge in [0, 0.05) is 26.2 Å². The van der Waals surface area contributed by atoms with Gasteiger partial charge in [-0.3, -0.25) is 24.3 Å². The molecule has 0 atom stereocenters. The molecule has 0 fully saturated rings. The van der Waals surface area contributed by atoms with Gasteiger partial charge < -0.3 is 4.90 Å². The van der Waals surface area contributed by atoms with Gasteiger partial charge in [-0.25, -0.2) is 0 Å². The van der Waals surface area contributed by atoms with Gasteiger partial charge in [0.05, 0.1) is 23.0 Å². The molecule has 0 aromatic carbocycles. The van der Waals surface area contributed by atoms with Crippen LogP contribution >= 0.6 is 11.6 Å². The molecule has 0 unspecified atom stereocenters. The Morgan fingerprint density at radius 3 is 2.60 bits per heavy atom. The van der Waals surface area contributed by atoms with Gasteiger partial charge in [-0.1, -0.05) is 11.6 Å². The molecule has 2 rings (SSSR count). The van der Waals surface area contributed by atoms with E-state index in [0.29, 0.717) is 35.2 Å². The second-order valence-electron chi connectivity index (χ2n) is 5.78. The van der Waals surface area contributed by atoms with Crippen molar-refractivity contribution in [2.45, 2.75) is 46.8 Å². The standard InChI is InChI=1S/C15H21ClN6O3/c1-5-20-8-12(16)13(18-20)9-19(4)14(23)6-7-21-11(3)15(22(24)25)10(2)17-21/h8H,5-7,9H2,1-4H3. The van der Waals surface area contributed by atoms with E-state index in [1.807, 2.05) is 6.92 Å². The van der Waals surface area contributed by atoms with E-state index in [9.17, 15) is 14.9 Å². The van der Waals surface area contributed by atoms with Crippen LogP contribution < -0.4 is 0 Å². The smallest absolute Gasteiger partial charge is 0.312 e. The van der Waals surface area contributed by atoms with Crippen LogP contribution in [0.2, 0.25) is 5.02 Å². The van der Waals surface area contributed by atoms with Crippen molar-refractivity contribution in [3.63, 3.8) is 0 Å². The van der Waals surface area contributed by atoms with E-state index < -0.39 is 4.92 Å². The Morgan fingerprint density at radius 1 is 1.40 bits per heavy atom. The van der Waals surface area contributed by atoms with E-state index in [2.05, 4.69) is 10.2 Å². The SMILES string of the molecule is CCn1cc(Cl)c(CN(C)C(=O)CCn2nc(C)c([N+](=O)[O-])c2C)n1. The normalized spacial score (nSPS) is 10.9. The van der Waals surface area contributed by atoms with E-state index >= 15 is 0 Å². The molecule has 2 aromatic heterocycles. The number of aromatic nitrogens is 4. The Labute approximate surface area is 150 Å². The zero-order valence-electron chi connectivity index (χ0n) is 14.7. The van der Waals surface area contributed by atoms with Gasteiger partial charge in [-0.15, -0.1) is 0 Å². The van der Waals surface area contributed by atoms with Gasteiger partial charge in [0.15, 0.2) is 0 Å². The van der Waals surface area contributed by atoms with Gasteiger partial charge in [-0.05, 0) is 20.8 Å². The summed E-state index contributed by atoms with van der Waals surface area (Å²) in [6.07, 6.45) is 1.91. The minimum absolute atomic E-state index is 0.00214. The van der Waals surface area contributed by atoms with Crippen LogP contribution in [-0.4, -0.2) is 42.3 Å². The van der Waals surface area contributed by atoms with Gasteiger partial charge in [0.25, 0.3) is 0 Å². The predicted molar refractivity (Wildman–Crippen MR) is 92.4 cm³/mol. The van der Waals surface area contributed by atoms with Crippen molar-refractivity contribution in [3.8, 4) is 0 Å². The average molecular weight is 369 g/mol. The van der Waals surface area contributed by atoms with Crippen LogP contribution in [0.3, 0.4) is 0 Å². The molecule has 0 saturated heterocycles. The lowest BCUT2D eigenvalue weighted by Crippen LogP contribution is -2.27. The third kappa shape index (κ3) is 4.16. The Bertz CT molecular complexity index is 798. The van der Waals surface area contributed by atoms with Gasteiger partial charge in [0.2, 0.25) is 5.91 Å². The number of rotatable bonds is 7. The Balaban J connectivity index is 1.99. The molecular weight excluding hydrogens is 348 g/mol. The fourth-order valence-electron chi connectivity index (χ4n) is 2.58. The van der Waals surface area contributed by atoms with Crippen LogP contribution in [0.25, 0.3) is 0 Å². The summed E-state index contributed by atoms with van der Waals surface area (Å²) in [6.45, 7) is 6.46. The number of halogens is 1. The molecule has 2 aromatic rings. The first kappa shape index (κ1) is 18.9. The quantitative estimate of drug-likeness (QED) is 0.551. The van der Waals surface area contributed by atoms with Crippen molar-refractivity contribution < 1.29 is 9.72 Å². The number of hydrogen-bond donors (Lipinski definition) is 0. The maximum Gasteiger partial charge on any atom is 0.312 e. The minimum Gasteiger partial charge on any atom is -0.340 e. The summed E-state index contributed by atoms with van der Waals surface area (Å²) in [4.78, 5) is 24.4. The molecular formula is C15H21ClN6O3. The molecule has 0 aliphatic rings. The Kier molecular flexibility index (Phi) is 5.78. The lowest BCUT2D eigenvalue weighted by molar-refractivity contribution is -0.386. The van der Waals surface area contributed by atoms with Crippen molar-refractivity contribution in [2.75, 3.05) is 7.05 Å². The lowest BCUT2D eigenvalue weighted by atomic mass is 10.3. The first-order valence-corrected chi connectivity index (χ1v) is 8.26. The topological polar surface area (TPSA) is 99.1 Å². The van der Waals surface area contributed by atoms with Crippen LogP contribution in [-0.2, 0) is 24.4 Å². The van der Waals surface area contributed by atoms with Gasteiger partial charge >= 0.3 is 5.69 Å². The van der Waals surface area contributed by atoms with E-state index in [0.717, 1.165) is 0 Å². The first-order valence-electron chi connectivity index (χ1n) is 7.88. The molecule has 9 nitrogen and oxygen atoms in total. The molecule has 1 amide bonds. The van der Waals surface area contributed by atoms with E-state index in [-0.39, 0.29) is 24.6 Å². The summed E-state index contributed by atoms with van der Waals surface area (Å²) in [7, 11) is 1.67. The highest BCUT2D eigenvalue weighted by atomic mass is 35.5. The number of amides is 1. The maximum absolute atomic E-state index is 12.3. The van der Waals surface area contributed by atoms with Crippen LogP contribution in [0.15, 0.2) is 6.20 Å². The van der Waals surface area contributed by atoms with Crippen molar-refractivity contribution in [2.24, 2.45) is 0 Å². The predicted octanol–water partition coefficient (Wildman–Crippen LogP) is 2.33. The molecule has 0 radical (unpaired) electrons. The maximum atomic E-state index is 12.3. The largest absolute Gasteiger partial charge is 0.340 e. The van der Waals surface area contributed by atoms with Gasteiger partial charge in [0.1, 0.15) is 17.1 Å². The number of carbonyl (C=O) groups excluding carboxylic acids is 1. The van der Waals surface area contributed by atoms with Crippen LogP contribution in [0.1, 0.15) is 30.4 Å². The molecule has 10 heteroatoms. The first-order chi connectivity index (χ1) is 11.7. The van der Waals surface area contributed by atoms with Crippen molar-refractivity contribution in [1.29, 1.82) is 0 Å². The number of nitrogens with zero attached hydrogens (tertiary/aromatic N) is 6. The molecule has 0 spiro atoms. The highest BCUT2D eigenvalue weighted by Gasteiger charge is 2.22. The number of aryl methyl sites for hydroxylation is 3. The second kappa shape index (κ2) is 7.64. The molecule has 0 bridgehead atoms. The third-order valence-electron chi connectivity index (χ3n) is 3.99. The average Bonchev–Trinajstić information content (AvgIpc) is 3.04. The summed E-state index contributed by atoms with van der Waals surface area (Å²) in [5.41, 5.74) is 1.43. The van der Waals surface area contributed by atoms with E-state index in [4.69, 9.17) is 11.6 Å². The molecule has 0 N–H and O–H groups in total. The van der Waals surface area contributed by atoms with E-state index in [1.54, 1.807) is 31.8 Å². The van der Waals surface area contributed by atoms with Gasteiger partial charge in [-0.2, -0.15) is 10.2 Å². The molecule has 0 aliphatic heterocycles. The molecule has 0 aliphatic carbocycles. The summed E-state index contributed by atoms with van der Waals surface area (Å²) in [5, 5.41) is 20.0. The zero-order valence-corrected chi connectivity index (χ0v) is 15.4. The number of nitro groups is 1. The van der Waals surface area contributed by atoms with E-state index in [1.165, 1.54) is 9.58 Å². The molecule has 0 saturated carbocycles. The zero-order chi connectivity index (χ0) is 18.7. The molecule has 2 heterocycles. The number of hydrogen-bond acceptors (Lipinski definition) is 5. The molecule has 136 valence electrons. The fraction of sp³-hybridized carbons (Fsp3) is 0.533. The Hall–Kier alpha value is -2.42. The Morgan fingerprint density at radius 2 is 2.08 bits per heavy atom. The highest BCUT2D eigenvalue weighted by molar-refractivity contribution is 6.31. The van der Waals surface area contributed by atoms with Crippen LogP contribution in [0.4, 0.5) is 5.69 Å². The summed E-state index contributed by atoms with van der Waals surface area (Å²) in [6, 6.07) is 0. The highest BCUT2D eigenvalue weighted by Crippen LogP contribution is 2.22. The van der Waals surface area contributed by atoms with Crippen molar-refractivity contribution >= 4 is 23.2 Å². The third-order valence-corrected chi connectivity index (χ3v) is 4.30. The number of carbonyl (C=O) groups is 1. The lowest BCUT2D eigenvalue weighted by Gasteiger charge is -2.16. The van der Waals surface area contributed by atoms with Crippen molar-refractivity contribution in [1.82, 2.24) is 24.5 Å². The fourth-order valence-corrected chi connectivity index (χ4v) is 2.79. The second-order valence-corrected chi connectivity index (χ2v) is 6.19.